The third-order valence-electron chi connectivity index (χ3n) is 3.66. The van der Waals surface area contributed by atoms with Crippen LogP contribution >= 0.6 is 0 Å². The molecule has 0 aromatic rings. The van der Waals surface area contributed by atoms with E-state index in [1.807, 2.05) is 18.2 Å². The first-order valence-corrected chi connectivity index (χ1v) is 7.62. The van der Waals surface area contributed by atoms with Gasteiger partial charge in [0.2, 0.25) is 0 Å². The third kappa shape index (κ3) is 5.92. The molecule has 0 saturated carbocycles. The number of nitrogens with zero attached hydrogens (tertiary/aromatic N) is 1. The summed E-state index contributed by atoms with van der Waals surface area (Å²) in [5.74, 6) is -1.01. The fourth-order valence-corrected chi connectivity index (χ4v) is 2.38. The zero-order chi connectivity index (χ0) is 16.9. The number of hydrogen-bond donors (Lipinski definition) is 1. The monoisotopic (exact) mass is 309 g/mol. The van der Waals surface area contributed by atoms with E-state index in [0.717, 1.165) is 0 Å². The van der Waals surface area contributed by atoms with Gasteiger partial charge in [-0.25, -0.2) is 4.79 Å². The van der Waals surface area contributed by atoms with Crippen LogP contribution in [0.5, 0.6) is 0 Å². The van der Waals surface area contributed by atoms with Crippen molar-refractivity contribution < 1.29 is 19.4 Å². The van der Waals surface area contributed by atoms with Crippen molar-refractivity contribution in [3.63, 3.8) is 0 Å². The smallest absolute Gasteiger partial charge is 0.410 e. The molecule has 22 heavy (non-hydrogen) atoms. The molecule has 1 N–H and O–H groups in total. The van der Waals surface area contributed by atoms with Gasteiger partial charge in [0.25, 0.3) is 0 Å². The molecule has 0 fully saturated rings. The van der Waals surface area contributed by atoms with E-state index in [9.17, 15) is 14.7 Å². The van der Waals surface area contributed by atoms with E-state index in [0.29, 0.717) is 12.3 Å². The van der Waals surface area contributed by atoms with Crippen LogP contribution in [0.25, 0.3) is 0 Å². The Hall–Kier alpha value is -1.78. The Bertz CT molecular complexity index is 462. The maximum absolute atomic E-state index is 12.0. The Morgan fingerprint density at radius 2 is 1.86 bits per heavy atom. The molecule has 0 bridgehead atoms. The second kappa shape index (κ2) is 7.47. The Kier molecular flexibility index (Phi) is 6.21. The molecule has 1 amide bonds. The van der Waals surface area contributed by atoms with Gasteiger partial charge in [-0.3, -0.25) is 4.79 Å². The molecule has 0 aromatic carbocycles. The minimum absolute atomic E-state index is 0.144. The number of aliphatic carboxylic acids is 1. The summed E-state index contributed by atoms with van der Waals surface area (Å²) in [7, 11) is 1.57. The van der Waals surface area contributed by atoms with Crippen LogP contribution < -0.4 is 0 Å². The van der Waals surface area contributed by atoms with Crippen molar-refractivity contribution in [2.24, 2.45) is 17.8 Å². The summed E-state index contributed by atoms with van der Waals surface area (Å²) in [6.45, 7) is 7.57. The molecule has 0 aromatic heterocycles. The van der Waals surface area contributed by atoms with Crippen molar-refractivity contribution in [3.8, 4) is 0 Å². The van der Waals surface area contributed by atoms with E-state index in [1.165, 1.54) is 4.90 Å². The van der Waals surface area contributed by atoms with Gasteiger partial charge >= 0.3 is 12.1 Å². The summed E-state index contributed by atoms with van der Waals surface area (Å²) in [6, 6.07) is 0. The van der Waals surface area contributed by atoms with Crippen LogP contribution in [-0.2, 0) is 9.53 Å². The largest absolute Gasteiger partial charge is 0.481 e. The minimum Gasteiger partial charge on any atom is -0.481 e. The van der Waals surface area contributed by atoms with Gasteiger partial charge in [-0.2, -0.15) is 0 Å². The molecule has 0 spiro atoms. The molecule has 5 nitrogen and oxygen atoms in total. The van der Waals surface area contributed by atoms with Crippen LogP contribution in [0.4, 0.5) is 4.79 Å². The Balaban J connectivity index is 2.64. The summed E-state index contributed by atoms with van der Waals surface area (Å²) in [6.07, 6.45) is 8.04. The van der Waals surface area contributed by atoms with Gasteiger partial charge in [0.15, 0.2) is 0 Å². The first-order chi connectivity index (χ1) is 10.1. The van der Waals surface area contributed by atoms with E-state index in [-0.39, 0.29) is 12.5 Å². The quantitative estimate of drug-likeness (QED) is 0.846. The first-order valence-electron chi connectivity index (χ1n) is 7.62. The van der Waals surface area contributed by atoms with Gasteiger partial charge in [-0.05, 0) is 39.0 Å². The predicted molar refractivity (Wildman–Crippen MR) is 85.5 cm³/mol. The molecule has 1 aliphatic rings. The molecule has 1 rings (SSSR count). The van der Waals surface area contributed by atoms with Crippen molar-refractivity contribution in [2.45, 2.75) is 39.7 Å². The lowest BCUT2D eigenvalue weighted by Gasteiger charge is -2.28. The van der Waals surface area contributed by atoms with E-state index >= 15 is 0 Å². The van der Waals surface area contributed by atoms with Crippen LogP contribution in [0.15, 0.2) is 24.3 Å². The summed E-state index contributed by atoms with van der Waals surface area (Å²) < 4.78 is 5.26. The number of ether oxygens (including phenoxy) is 1. The van der Waals surface area contributed by atoms with Gasteiger partial charge in [0.05, 0.1) is 5.92 Å². The van der Waals surface area contributed by atoms with Gasteiger partial charge < -0.3 is 14.7 Å². The molecule has 5 heteroatoms. The summed E-state index contributed by atoms with van der Waals surface area (Å²) in [5, 5.41) is 9.43. The van der Waals surface area contributed by atoms with Crippen molar-refractivity contribution in [1.29, 1.82) is 0 Å². The van der Waals surface area contributed by atoms with E-state index < -0.39 is 23.6 Å². The molecule has 0 saturated heterocycles. The van der Waals surface area contributed by atoms with Crippen LogP contribution in [0.1, 0.15) is 34.1 Å². The number of carboxylic acids is 1. The highest BCUT2D eigenvalue weighted by atomic mass is 16.6. The molecule has 3 atom stereocenters. The highest BCUT2D eigenvalue weighted by molar-refractivity contribution is 5.72. The Labute approximate surface area is 132 Å². The summed E-state index contributed by atoms with van der Waals surface area (Å²) in [5.41, 5.74) is -0.588. The summed E-state index contributed by atoms with van der Waals surface area (Å²) in [4.78, 5) is 24.8. The minimum atomic E-state index is -0.884. The summed E-state index contributed by atoms with van der Waals surface area (Å²) >= 11 is 0. The average Bonchev–Trinajstić information content (AvgIpc) is 2.38. The van der Waals surface area contributed by atoms with Crippen LogP contribution in [0.2, 0.25) is 0 Å². The van der Waals surface area contributed by atoms with Crippen molar-refractivity contribution in [3.05, 3.63) is 24.3 Å². The molecular formula is C17H27NO4. The van der Waals surface area contributed by atoms with Gasteiger partial charge in [-0.1, -0.05) is 31.2 Å². The molecule has 0 heterocycles. The number of rotatable bonds is 5. The maximum Gasteiger partial charge on any atom is 0.410 e. The van der Waals surface area contributed by atoms with E-state index in [4.69, 9.17) is 4.74 Å². The number of allylic oxidation sites excluding steroid dienone is 4. The molecule has 0 aliphatic heterocycles. The van der Waals surface area contributed by atoms with Crippen molar-refractivity contribution >= 4 is 12.1 Å². The lowest BCUT2D eigenvalue weighted by atomic mass is 9.82. The topological polar surface area (TPSA) is 66.8 Å². The molecular weight excluding hydrogens is 282 g/mol. The number of hydrogen-bond acceptors (Lipinski definition) is 3. The zero-order valence-electron chi connectivity index (χ0n) is 14.1. The maximum atomic E-state index is 12.0. The van der Waals surface area contributed by atoms with Gasteiger partial charge in [0, 0.05) is 13.6 Å². The molecule has 0 radical (unpaired) electrons. The fourth-order valence-electron chi connectivity index (χ4n) is 2.38. The van der Waals surface area contributed by atoms with Gasteiger partial charge in [-0.15, -0.1) is 0 Å². The molecule has 3 unspecified atom stereocenters. The highest BCUT2D eigenvalue weighted by Gasteiger charge is 2.28. The van der Waals surface area contributed by atoms with Crippen LogP contribution in [-0.4, -0.2) is 41.3 Å². The van der Waals surface area contributed by atoms with Crippen LogP contribution in [0, 0.1) is 17.8 Å². The average molecular weight is 309 g/mol. The van der Waals surface area contributed by atoms with Crippen LogP contribution in [0.3, 0.4) is 0 Å². The number of carbonyl (C=O) groups is 2. The third-order valence-corrected chi connectivity index (χ3v) is 3.66. The second-order valence-electron chi connectivity index (χ2n) is 6.92. The van der Waals surface area contributed by atoms with Gasteiger partial charge in [0.1, 0.15) is 5.60 Å². The fraction of sp³-hybridized carbons (Fsp3) is 0.647. The lowest BCUT2D eigenvalue weighted by Crippen LogP contribution is -2.39. The zero-order valence-corrected chi connectivity index (χ0v) is 14.1. The molecule has 1 aliphatic carbocycles. The van der Waals surface area contributed by atoms with Crippen molar-refractivity contribution in [2.75, 3.05) is 13.6 Å². The van der Waals surface area contributed by atoms with Crippen molar-refractivity contribution in [1.82, 2.24) is 4.90 Å². The SMILES string of the molecule is CC1C=CC=CC1CC(CN(C)C(=O)OC(C)(C)C)C(=O)O. The number of amides is 1. The standard InChI is InChI=1S/C17H27NO4/c1-12-8-6-7-9-13(12)10-14(15(19)20)11-18(5)16(21)22-17(2,3)4/h6-9,12-14H,10-11H2,1-5H3,(H,19,20). The number of carbonyl (C=O) groups excluding carboxylic acids is 1. The number of carboxylic acid groups (broad SMARTS) is 1. The normalized spacial score (nSPS) is 22.2. The first kappa shape index (κ1) is 18.3. The predicted octanol–water partition coefficient (Wildman–Crippen LogP) is 3.32. The highest BCUT2D eigenvalue weighted by Crippen LogP contribution is 2.26. The second-order valence-corrected chi connectivity index (χ2v) is 6.92. The molecule has 124 valence electrons. The Morgan fingerprint density at radius 3 is 2.36 bits per heavy atom. The Morgan fingerprint density at radius 1 is 1.27 bits per heavy atom. The van der Waals surface area contributed by atoms with E-state index in [1.54, 1.807) is 27.8 Å². The van der Waals surface area contributed by atoms with E-state index in [2.05, 4.69) is 13.0 Å². The lowest BCUT2D eigenvalue weighted by molar-refractivity contribution is -0.142.